The van der Waals surface area contributed by atoms with E-state index in [2.05, 4.69) is 4.90 Å². The molecule has 26 heavy (non-hydrogen) atoms. The number of aromatic hydroxyl groups is 1. The summed E-state index contributed by atoms with van der Waals surface area (Å²) in [6.07, 6.45) is 5.68. The predicted molar refractivity (Wildman–Crippen MR) is 95.4 cm³/mol. The van der Waals surface area contributed by atoms with Crippen molar-refractivity contribution in [2.24, 2.45) is 5.92 Å². The van der Waals surface area contributed by atoms with Gasteiger partial charge in [0.15, 0.2) is 11.5 Å². The quantitative estimate of drug-likeness (QED) is 0.751. The molecule has 0 amide bonds. The van der Waals surface area contributed by atoms with E-state index in [-0.39, 0.29) is 11.8 Å². The molecule has 1 saturated heterocycles. The Labute approximate surface area is 153 Å². The third-order valence-electron chi connectivity index (χ3n) is 8.26. The second kappa shape index (κ2) is 4.94. The molecule has 1 spiro atoms. The standard InChI is InChI=1S/C21H27NO4/c23-14-5-4-13-10-16-21(25)7-6-15(24)19-20(21,17(13)18(14)26-19)8-9-22(16)11-12-2-1-3-12/h4-5,12,15-16,19,23-25H,1-3,6-11H2/t15-,16+,19-,20?,21+/m0/s1. The van der Waals surface area contributed by atoms with Crippen molar-refractivity contribution in [3.05, 3.63) is 23.3 Å². The molecule has 2 bridgehead atoms. The summed E-state index contributed by atoms with van der Waals surface area (Å²) in [5.74, 6) is 1.42. The zero-order valence-electron chi connectivity index (χ0n) is 15.0. The van der Waals surface area contributed by atoms with E-state index in [1.807, 2.05) is 6.07 Å². The lowest BCUT2D eigenvalue weighted by atomic mass is 9.48. The highest BCUT2D eigenvalue weighted by Gasteiger charge is 2.72. The van der Waals surface area contributed by atoms with E-state index in [1.54, 1.807) is 6.07 Å². The van der Waals surface area contributed by atoms with Crippen LogP contribution in [0.1, 0.15) is 49.7 Å². The zero-order chi connectivity index (χ0) is 17.7. The molecule has 1 unspecified atom stereocenters. The van der Waals surface area contributed by atoms with Gasteiger partial charge < -0.3 is 20.1 Å². The maximum atomic E-state index is 12.1. The van der Waals surface area contributed by atoms with Gasteiger partial charge in [-0.3, -0.25) is 4.90 Å². The maximum Gasteiger partial charge on any atom is 0.165 e. The van der Waals surface area contributed by atoms with E-state index in [1.165, 1.54) is 24.8 Å². The maximum absolute atomic E-state index is 12.1. The Morgan fingerprint density at radius 3 is 2.81 bits per heavy atom. The second-order valence-corrected chi connectivity index (χ2v) is 9.25. The zero-order valence-corrected chi connectivity index (χ0v) is 15.0. The van der Waals surface area contributed by atoms with Crippen LogP contribution in [0.2, 0.25) is 0 Å². The molecule has 3 N–H and O–H groups in total. The number of benzene rings is 1. The molecule has 5 atom stereocenters. The van der Waals surface area contributed by atoms with Crippen molar-refractivity contribution in [1.82, 2.24) is 4.90 Å². The molecule has 6 rings (SSSR count). The molecule has 0 radical (unpaired) electrons. The van der Waals surface area contributed by atoms with Crippen molar-refractivity contribution >= 4 is 0 Å². The van der Waals surface area contributed by atoms with Crippen LogP contribution in [0.15, 0.2) is 12.1 Å². The lowest BCUT2D eigenvalue weighted by Crippen LogP contribution is -2.77. The fourth-order valence-electron chi connectivity index (χ4n) is 6.83. The first-order valence-corrected chi connectivity index (χ1v) is 10.2. The highest BCUT2D eigenvalue weighted by atomic mass is 16.5. The van der Waals surface area contributed by atoms with Crippen LogP contribution < -0.4 is 4.74 Å². The third kappa shape index (κ3) is 1.64. The van der Waals surface area contributed by atoms with Gasteiger partial charge in [0.25, 0.3) is 0 Å². The van der Waals surface area contributed by atoms with Gasteiger partial charge >= 0.3 is 0 Å². The molecule has 5 aliphatic rings. The molecule has 5 nitrogen and oxygen atoms in total. The number of nitrogens with zero attached hydrogens (tertiary/aromatic N) is 1. The van der Waals surface area contributed by atoms with Gasteiger partial charge in [-0.15, -0.1) is 0 Å². The third-order valence-corrected chi connectivity index (χ3v) is 8.26. The molecule has 2 saturated carbocycles. The summed E-state index contributed by atoms with van der Waals surface area (Å²) in [6.45, 7) is 2.02. The number of aliphatic hydroxyl groups is 2. The van der Waals surface area contributed by atoms with Gasteiger partial charge in [-0.05, 0) is 62.6 Å². The smallest absolute Gasteiger partial charge is 0.165 e. The van der Waals surface area contributed by atoms with Crippen molar-refractivity contribution < 1.29 is 20.1 Å². The molecule has 3 fully saturated rings. The Bertz CT molecular complexity index is 778. The van der Waals surface area contributed by atoms with Gasteiger partial charge in [-0.2, -0.15) is 0 Å². The van der Waals surface area contributed by atoms with Crippen molar-refractivity contribution in [3.8, 4) is 11.5 Å². The number of aliphatic hydroxyl groups excluding tert-OH is 1. The monoisotopic (exact) mass is 357 g/mol. The Kier molecular flexibility index (Phi) is 2.99. The van der Waals surface area contributed by atoms with Crippen molar-refractivity contribution in [2.75, 3.05) is 13.1 Å². The summed E-state index contributed by atoms with van der Waals surface area (Å²) < 4.78 is 6.16. The Morgan fingerprint density at radius 1 is 1.19 bits per heavy atom. The summed E-state index contributed by atoms with van der Waals surface area (Å²) in [5, 5.41) is 33.2. The van der Waals surface area contributed by atoms with Crippen LogP contribution in [0, 0.1) is 5.92 Å². The minimum Gasteiger partial charge on any atom is -0.504 e. The lowest BCUT2D eigenvalue weighted by Gasteiger charge is -2.64. The van der Waals surface area contributed by atoms with Crippen LogP contribution in [-0.4, -0.2) is 57.2 Å². The fourth-order valence-corrected chi connectivity index (χ4v) is 6.83. The van der Waals surface area contributed by atoms with Crippen LogP contribution in [0.25, 0.3) is 0 Å². The number of ether oxygens (including phenoxy) is 1. The van der Waals surface area contributed by atoms with Gasteiger partial charge in [0, 0.05) is 18.2 Å². The normalized spacial score (nSPS) is 43.5. The number of hydrogen-bond donors (Lipinski definition) is 3. The van der Waals surface area contributed by atoms with Crippen LogP contribution >= 0.6 is 0 Å². The second-order valence-electron chi connectivity index (χ2n) is 9.25. The highest BCUT2D eigenvalue weighted by molar-refractivity contribution is 5.62. The minimum atomic E-state index is -0.884. The van der Waals surface area contributed by atoms with Gasteiger partial charge in [0.05, 0.1) is 17.1 Å². The first-order chi connectivity index (χ1) is 12.5. The van der Waals surface area contributed by atoms with Gasteiger partial charge in [0.1, 0.15) is 6.10 Å². The number of phenols is 1. The number of rotatable bonds is 2. The van der Waals surface area contributed by atoms with E-state index in [0.717, 1.165) is 37.4 Å². The molecule has 1 aromatic rings. The molecule has 140 valence electrons. The first-order valence-electron chi connectivity index (χ1n) is 10.2. The number of likely N-dealkylation sites (tertiary alicyclic amines) is 1. The van der Waals surface area contributed by atoms with Gasteiger partial charge in [-0.1, -0.05) is 12.5 Å². The van der Waals surface area contributed by atoms with Crippen molar-refractivity contribution in [2.45, 2.75) is 74.2 Å². The number of hydrogen-bond acceptors (Lipinski definition) is 5. The van der Waals surface area contributed by atoms with E-state index in [9.17, 15) is 15.3 Å². The minimum absolute atomic E-state index is 0.0819. The molecule has 3 aliphatic carbocycles. The SMILES string of the molecule is Oc1ccc2c3c1O[C@H]1[C@@H](O)CC[C@@]4(O)[C@@H](C2)N(CC2CCC2)CCC314. The van der Waals surface area contributed by atoms with E-state index >= 15 is 0 Å². The van der Waals surface area contributed by atoms with Crippen LogP contribution in [0.5, 0.6) is 11.5 Å². The summed E-state index contributed by atoms with van der Waals surface area (Å²) in [4.78, 5) is 2.53. The van der Waals surface area contributed by atoms with Crippen LogP contribution in [0.3, 0.4) is 0 Å². The van der Waals surface area contributed by atoms with E-state index in [4.69, 9.17) is 4.74 Å². The van der Waals surface area contributed by atoms with Crippen molar-refractivity contribution in [1.29, 1.82) is 0 Å². The van der Waals surface area contributed by atoms with Gasteiger partial charge in [-0.25, -0.2) is 0 Å². The summed E-state index contributed by atoms with van der Waals surface area (Å²) in [6, 6.07) is 3.80. The summed E-state index contributed by atoms with van der Waals surface area (Å²) in [5.41, 5.74) is 0.712. The average molecular weight is 357 g/mol. The predicted octanol–water partition coefficient (Wildman–Crippen LogP) is 1.71. The van der Waals surface area contributed by atoms with Crippen molar-refractivity contribution in [3.63, 3.8) is 0 Å². The molecule has 2 aliphatic heterocycles. The molecular formula is C21H27NO4. The Hall–Kier alpha value is -1.30. The van der Waals surface area contributed by atoms with Crippen LogP contribution in [-0.2, 0) is 11.8 Å². The van der Waals surface area contributed by atoms with Crippen LogP contribution in [0.4, 0.5) is 0 Å². The largest absolute Gasteiger partial charge is 0.504 e. The Balaban J connectivity index is 1.52. The Morgan fingerprint density at radius 2 is 2.04 bits per heavy atom. The topological polar surface area (TPSA) is 73.2 Å². The summed E-state index contributed by atoms with van der Waals surface area (Å²) in [7, 11) is 0. The van der Waals surface area contributed by atoms with E-state index in [0.29, 0.717) is 18.6 Å². The van der Waals surface area contributed by atoms with E-state index < -0.39 is 23.2 Å². The molecule has 0 aromatic heterocycles. The fraction of sp³-hybridized carbons (Fsp3) is 0.714. The average Bonchev–Trinajstić information content (AvgIpc) is 2.93. The molecule has 2 heterocycles. The highest BCUT2D eigenvalue weighted by Crippen LogP contribution is 2.65. The number of piperidine rings is 1. The number of phenolic OH excluding ortho intramolecular Hbond substituents is 1. The lowest BCUT2D eigenvalue weighted by molar-refractivity contribution is -0.209. The molecule has 5 heteroatoms. The molecular weight excluding hydrogens is 330 g/mol. The first kappa shape index (κ1) is 15.7. The molecule has 1 aromatic carbocycles. The van der Waals surface area contributed by atoms with Gasteiger partial charge in [0.2, 0.25) is 0 Å². The summed E-state index contributed by atoms with van der Waals surface area (Å²) >= 11 is 0.